The molecule has 0 aromatic heterocycles. The summed E-state index contributed by atoms with van der Waals surface area (Å²) >= 11 is 0. The molecule has 20 heavy (non-hydrogen) atoms. The van der Waals surface area contributed by atoms with Crippen molar-refractivity contribution < 1.29 is 4.79 Å². The number of rotatable bonds is 8. The zero-order valence-corrected chi connectivity index (χ0v) is 17.2. The maximum Gasteiger partial charge on any atom is 0.114 e. The molecule has 0 bridgehead atoms. The van der Waals surface area contributed by atoms with Crippen LogP contribution in [0.2, 0.25) is 36.3 Å². The summed E-state index contributed by atoms with van der Waals surface area (Å²) in [6, 6.07) is 3.85. The summed E-state index contributed by atoms with van der Waals surface area (Å²) in [6.45, 7) is 18.6. The summed E-state index contributed by atoms with van der Waals surface area (Å²) in [7, 11) is -3.34. The fourth-order valence-electron chi connectivity index (χ4n) is 3.46. The Labute approximate surface area is 129 Å². The van der Waals surface area contributed by atoms with E-state index >= 15 is 0 Å². The standard InChI is InChI=1S/C17H36OSi2/c1-9-12-20(13-10-2,14-11-3)16(15-18)19(7,8)17(4,5)6/h9-14H2,1-8H3. The summed E-state index contributed by atoms with van der Waals surface area (Å²) in [5.74, 6) is 2.53. The van der Waals surface area contributed by atoms with Gasteiger partial charge in [-0.2, -0.15) is 0 Å². The Morgan fingerprint density at radius 2 is 1.25 bits per heavy atom. The van der Waals surface area contributed by atoms with E-state index in [0.717, 1.165) is 0 Å². The van der Waals surface area contributed by atoms with Gasteiger partial charge in [-0.05, 0) is 9.86 Å². The van der Waals surface area contributed by atoms with E-state index in [-0.39, 0.29) is 5.04 Å². The van der Waals surface area contributed by atoms with Crippen LogP contribution >= 0.6 is 0 Å². The van der Waals surface area contributed by atoms with Crippen molar-refractivity contribution in [1.82, 2.24) is 0 Å². The van der Waals surface area contributed by atoms with Gasteiger partial charge in [-0.3, -0.25) is 0 Å². The van der Waals surface area contributed by atoms with Crippen LogP contribution in [0.25, 0.3) is 0 Å². The van der Waals surface area contributed by atoms with E-state index in [0.29, 0.717) is 0 Å². The zero-order valence-electron chi connectivity index (χ0n) is 15.2. The average Bonchev–Trinajstić information content (AvgIpc) is 2.28. The van der Waals surface area contributed by atoms with E-state index in [1.807, 2.05) is 0 Å². The zero-order chi connectivity index (χ0) is 16.0. The molecule has 0 amide bonds. The van der Waals surface area contributed by atoms with Gasteiger partial charge in [0.1, 0.15) is 5.94 Å². The highest BCUT2D eigenvalue weighted by atomic mass is 28.4. The van der Waals surface area contributed by atoms with Crippen LogP contribution in [0.15, 0.2) is 4.82 Å². The van der Waals surface area contributed by atoms with Crippen LogP contribution in [-0.4, -0.2) is 22.1 Å². The van der Waals surface area contributed by atoms with Gasteiger partial charge >= 0.3 is 0 Å². The van der Waals surface area contributed by atoms with Gasteiger partial charge in [0.2, 0.25) is 0 Å². The monoisotopic (exact) mass is 312 g/mol. The molecule has 0 N–H and O–H groups in total. The van der Waals surface area contributed by atoms with E-state index in [2.05, 4.69) is 60.6 Å². The highest BCUT2D eigenvalue weighted by molar-refractivity contribution is 7.08. The molecular formula is C17H36OSi2. The highest BCUT2D eigenvalue weighted by Crippen LogP contribution is 2.46. The van der Waals surface area contributed by atoms with Crippen molar-refractivity contribution in [2.24, 2.45) is 0 Å². The molecule has 0 aliphatic carbocycles. The van der Waals surface area contributed by atoms with Gasteiger partial charge in [0, 0.05) is 0 Å². The molecule has 0 aromatic carbocycles. The van der Waals surface area contributed by atoms with Crippen LogP contribution in [0.1, 0.15) is 60.8 Å². The number of hydrogen-bond donors (Lipinski definition) is 0. The van der Waals surface area contributed by atoms with Crippen LogP contribution in [0.4, 0.5) is 0 Å². The third-order valence-corrected chi connectivity index (χ3v) is 19.4. The normalized spacial score (nSPS) is 13.2. The van der Waals surface area contributed by atoms with Gasteiger partial charge in [-0.25, -0.2) is 4.79 Å². The molecule has 0 aromatic rings. The van der Waals surface area contributed by atoms with Crippen LogP contribution in [0.5, 0.6) is 0 Å². The molecule has 0 unspecified atom stereocenters. The number of carbonyl (C=O) groups excluding carboxylic acids is 1. The molecule has 0 saturated carbocycles. The maximum absolute atomic E-state index is 12.0. The van der Waals surface area contributed by atoms with Gasteiger partial charge in [0.05, 0.1) is 16.1 Å². The lowest BCUT2D eigenvalue weighted by Crippen LogP contribution is -2.53. The molecule has 0 aliphatic heterocycles. The molecule has 1 nitrogen and oxygen atoms in total. The summed E-state index contributed by atoms with van der Waals surface area (Å²) in [6.07, 6.45) is 3.64. The summed E-state index contributed by atoms with van der Waals surface area (Å²) in [5, 5.41) is 0.243. The summed E-state index contributed by atoms with van der Waals surface area (Å²) in [5.41, 5.74) is 0. The molecule has 0 radical (unpaired) electrons. The SMILES string of the molecule is CCC[Si](CCC)(CCC)C(=C=O)[Si](C)(C)C(C)(C)C. The fraction of sp³-hybridized carbons (Fsp3) is 0.882. The molecule has 118 valence electrons. The molecule has 0 heterocycles. The second-order valence-corrected chi connectivity index (χ2v) is 18.2. The van der Waals surface area contributed by atoms with Crippen molar-refractivity contribution in [1.29, 1.82) is 0 Å². The van der Waals surface area contributed by atoms with Gasteiger partial charge in [0.15, 0.2) is 0 Å². The van der Waals surface area contributed by atoms with Crippen molar-refractivity contribution in [3.05, 3.63) is 4.82 Å². The molecule has 0 rings (SSSR count). The van der Waals surface area contributed by atoms with Crippen molar-refractivity contribution in [3.63, 3.8) is 0 Å². The quantitative estimate of drug-likeness (QED) is 0.396. The van der Waals surface area contributed by atoms with Gasteiger partial charge in [-0.1, -0.05) is 92.0 Å². The molecular weight excluding hydrogens is 276 g/mol. The van der Waals surface area contributed by atoms with Crippen LogP contribution in [-0.2, 0) is 4.79 Å². The van der Waals surface area contributed by atoms with E-state index in [1.165, 1.54) is 42.2 Å². The van der Waals surface area contributed by atoms with Gasteiger partial charge in [0.25, 0.3) is 0 Å². The smallest absolute Gasteiger partial charge is 0.114 e. The molecule has 0 saturated heterocycles. The summed E-state index contributed by atoms with van der Waals surface area (Å²) < 4.78 is 0. The second kappa shape index (κ2) is 7.77. The van der Waals surface area contributed by atoms with Crippen molar-refractivity contribution >= 4 is 22.1 Å². The van der Waals surface area contributed by atoms with Crippen LogP contribution in [0, 0.1) is 0 Å². The van der Waals surface area contributed by atoms with Gasteiger partial charge < -0.3 is 0 Å². The Morgan fingerprint density at radius 3 is 1.45 bits per heavy atom. The minimum atomic E-state index is -1.73. The molecule has 0 fully saturated rings. The Morgan fingerprint density at radius 1 is 0.900 bits per heavy atom. The molecule has 0 spiro atoms. The Hall–Kier alpha value is -0.116. The van der Waals surface area contributed by atoms with E-state index in [9.17, 15) is 4.79 Å². The maximum atomic E-state index is 12.0. The first-order valence-electron chi connectivity index (χ1n) is 8.39. The predicted molar refractivity (Wildman–Crippen MR) is 97.5 cm³/mol. The van der Waals surface area contributed by atoms with Crippen LogP contribution < -0.4 is 0 Å². The second-order valence-electron chi connectivity index (χ2n) is 7.88. The molecule has 0 atom stereocenters. The fourth-order valence-corrected chi connectivity index (χ4v) is 16.6. The van der Waals surface area contributed by atoms with Crippen molar-refractivity contribution in [2.45, 2.75) is 97.1 Å². The first kappa shape index (κ1) is 19.9. The third-order valence-electron chi connectivity index (χ3n) is 5.32. The lowest BCUT2D eigenvalue weighted by molar-refractivity contribution is 0.568. The average molecular weight is 313 g/mol. The van der Waals surface area contributed by atoms with Gasteiger partial charge in [-0.15, -0.1) is 0 Å². The first-order valence-corrected chi connectivity index (χ1v) is 14.0. The van der Waals surface area contributed by atoms with E-state index < -0.39 is 16.1 Å². The topological polar surface area (TPSA) is 17.1 Å². The van der Waals surface area contributed by atoms with Crippen LogP contribution in [0.3, 0.4) is 0 Å². The Balaban J connectivity index is 5.91. The van der Waals surface area contributed by atoms with E-state index in [1.54, 1.807) is 0 Å². The summed E-state index contributed by atoms with van der Waals surface area (Å²) in [4.78, 5) is 13.3. The third kappa shape index (κ3) is 4.19. The largest absolute Gasteiger partial charge is 0.234 e. The van der Waals surface area contributed by atoms with Crippen molar-refractivity contribution in [2.75, 3.05) is 0 Å². The Kier molecular flexibility index (Phi) is 7.72. The number of hydrogen-bond acceptors (Lipinski definition) is 1. The molecule has 3 heteroatoms. The predicted octanol–water partition coefficient (Wildman–Crippen LogP) is 6.01. The highest BCUT2D eigenvalue weighted by Gasteiger charge is 2.49. The minimum absolute atomic E-state index is 0.243. The van der Waals surface area contributed by atoms with Crippen molar-refractivity contribution in [3.8, 4) is 0 Å². The minimum Gasteiger partial charge on any atom is -0.234 e. The Bertz CT molecular complexity index is 329. The first-order chi connectivity index (χ1) is 9.12. The lowest BCUT2D eigenvalue weighted by atomic mass is 10.2. The molecule has 0 aliphatic rings. The lowest BCUT2D eigenvalue weighted by Gasteiger charge is -2.45. The van der Waals surface area contributed by atoms with E-state index in [4.69, 9.17) is 0 Å².